The summed E-state index contributed by atoms with van der Waals surface area (Å²) in [6.07, 6.45) is 1.68. The van der Waals surface area contributed by atoms with E-state index in [0.29, 0.717) is 10.7 Å². The van der Waals surface area contributed by atoms with Gasteiger partial charge in [-0.1, -0.05) is 48.0 Å². The largest absolute Gasteiger partial charge is 0.325 e. The zero-order chi connectivity index (χ0) is 17.4. The van der Waals surface area contributed by atoms with Crippen LogP contribution in [0.15, 0.2) is 53.6 Å². The van der Waals surface area contributed by atoms with Gasteiger partial charge in [-0.3, -0.25) is 9.59 Å². The number of amides is 2. The van der Waals surface area contributed by atoms with Gasteiger partial charge in [-0.2, -0.15) is 5.10 Å². The Morgan fingerprint density at radius 3 is 2.46 bits per heavy atom. The third-order valence-electron chi connectivity index (χ3n) is 3.31. The number of nitrogens with one attached hydrogen (secondary N) is 2. The molecule has 0 aliphatic rings. The van der Waals surface area contributed by atoms with Gasteiger partial charge >= 0.3 is 0 Å². The average molecular weight is 344 g/mol. The molecule has 0 heterocycles. The molecule has 5 nitrogen and oxygen atoms in total. The summed E-state index contributed by atoms with van der Waals surface area (Å²) in [6.45, 7) is 1.96. The number of aryl methyl sites for hydroxylation is 1. The Balaban J connectivity index is 1.76. The Morgan fingerprint density at radius 2 is 1.71 bits per heavy atom. The fourth-order valence-electron chi connectivity index (χ4n) is 1.96. The number of hydrazone groups is 1. The van der Waals surface area contributed by atoms with Crippen molar-refractivity contribution in [3.8, 4) is 0 Å². The zero-order valence-electron chi connectivity index (χ0n) is 13.3. The van der Waals surface area contributed by atoms with E-state index in [1.54, 1.807) is 30.5 Å². The predicted octanol–water partition coefficient (Wildman–Crippen LogP) is 3.52. The summed E-state index contributed by atoms with van der Waals surface area (Å²) in [5.41, 5.74) is 4.93. The van der Waals surface area contributed by atoms with Crippen LogP contribution in [0.2, 0.25) is 5.02 Å². The Kier molecular flexibility index (Phi) is 6.51. The fourth-order valence-corrected chi connectivity index (χ4v) is 2.15. The highest BCUT2D eigenvalue weighted by Gasteiger charge is 2.08. The van der Waals surface area contributed by atoms with Crippen LogP contribution in [0.25, 0.3) is 0 Å². The lowest BCUT2D eigenvalue weighted by Gasteiger charge is -2.06. The average Bonchev–Trinajstić information content (AvgIpc) is 2.57. The molecule has 0 aliphatic carbocycles. The fraction of sp³-hybridized carbons (Fsp3) is 0.167. The van der Waals surface area contributed by atoms with Crippen molar-refractivity contribution >= 4 is 35.3 Å². The molecule has 2 rings (SSSR count). The maximum Gasteiger partial charge on any atom is 0.240 e. The molecule has 0 spiro atoms. The van der Waals surface area contributed by atoms with Crippen LogP contribution in [0.4, 0.5) is 5.69 Å². The van der Waals surface area contributed by atoms with Crippen LogP contribution < -0.4 is 10.7 Å². The van der Waals surface area contributed by atoms with Crippen LogP contribution in [0.5, 0.6) is 0 Å². The van der Waals surface area contributed by atoms with Crippen LogP contribution in [-0.2, 0) is 9.59 Å². The van der Waals surface area contributed by atoms with Gasteiger partial charge in [0.15, 0.2) is 0 Å². The summed E-state index contributed by atoms with van der Waals surface area (Å²) in [6, 6.07) is 14.6. The molecule has 0 unspecified atom stereocenters. The molecule has 0 aliphatic heterocycles. The molecule has 2 amide bonds. The number of nitrogens with zero attached hydrogens (tertiary/aromatic N) is 1. The van der Waals surface area contributed by atoms with Crippen LogP contribution in [-0.4, -0.2) is 18.0 Å². The lowest BCUT2D eigenvalue weighted by molar-refractivity contribution is -0.124. The normalized spacial score (nSPS) is 10.6. The van der Waals surface area contributed by atoms with Gasteiger partial charge in [-0.15, -0.1) is 0 Å². The number of halogens is 1. The molecular formula is C18H18ClN3O2. The first kappa shape index (κ1) is 17.7. The summed E-state index contributed by atoms with van der Waals surface area (Å²) in [5, 5.41) is 7.02. The van der Waals surface area contributed by atoms with E-state index in [1.165, 1.54) is 0 Å². The van der Waals surface area contributed by atoms with Crippen LogP contribution in [0.1, 0.15) is 24.0 Å². The lowest BCUT2D eigenvalue weighted by Crippen LogP contribution is -2.20. The van der Waals surface area contributed by atoms with Gasteiger partial charge in [0.05, 0.1) is 16.9 Å². The van der Waals surface area contributed by atoms with Crippen LogP contribution in [0.3, 0.4) is 0 Å². The standard InChI is InChI=1S/C18H18ClN3O2/c1-13-6-2-3-7-14(13)12-20-22-18(24)11-10-17(23)21-16-9-5-4-8-15(16)19/h2-9,12H,10-11H2,1H3,(H,21,23)(H,22,24). The number of anilines is 1. The highest BCUT2D eigenvalue weighted by molar-refractivity contribution is 6.33. The molecule has 24 heavy (non-hydrogen) atoms. The molecular weight excluding hydrogens is 326 g/mol. The van der Waals surface area contributed by atoms with E-state index in [4.69, 9.17) is 11.6 Å². The molecule has 124 valence electrons. The van der Waals surface area contributed by atoms with E-state index in [2.05, 4.69) is 15.8 Å². The van der Waals surface area contributed by atoms with Crippen molar-refractivity contribution in [2.45, 2.75) is 19.8 Å². The first-order valence-corrected chi connectivity index (χ1v) is 7.86. The Hall–Kier alpha value is -2.66. The first-order chi connectivity index (χ1) is 11.6. The molecule has 6 heteroatoms. The van der Waals surface area contributed by atoms with Gasteiger partial charge in [0.2, 0.25) is 11.8 Å². The van der Waals surface area contributed by atoms with Crippen molar-refractivity contribution in [1.29, 1.82) is 0 Å². The molecule has 2 N–H and O–H groups in total. The molecule has 0 bridgehead atoms. The quantitative estimate of drug-likeness (QED) is 0.622. The second-order valence-corrected chi connectivity index (χ2v) is 5.58. The van der Waals surface area contributed by atoms with Crippen molar-refractivity contribution < 1.29 is 9.59 Å². The minimum atomic E-state index is -0.325. The predicted molar refractivity (Wildman–Crippen MR) is 96.2 cm³/mol. The Bertz CT molecular complexity index is 759. The van der Waals surface area contributed by atoms with Gasteiger partial charge in [0.1, 0.15) is 0 Å². The number of rotatable bonds is 6. The Morgan fingerprint density at radius 1 is 1.04 bits per heavy atom. The molecule has 2 aromatic carbocycles. The smallest absolute Gasteiger partial charge is 0.240 e. The maximum atomic E-state index is 11.8. The Labute approximate surface area is 145 Å². The van der Waals surface area contributed by atoms with Gasteiger partial charge in [0, 0.05) is 12.8 Å². The van der Waals surface area contributed by atoms with Crippen molar-refractivity contribution in [3.05, 3.63) is 64.7 Å². The van der Waals surface area contributed by atoms with E-state index in [9.17, 15) is 9.59 Å². The lowest BCUT2D eigenvalue weighted by atomic mass is 10.1. The van der Waals surface area contributed by atoms with Crippen LogP contribution in [0, 0.1) is 6.92 Å². The molecule has 0 atom stereocenters. The highest BCUT2D eigenvalue weighted by Crippen LogP contribution is 2.20. The zero-order valence-corrected chi connectivity index (χ0v) is 14.0. The van der Waals surface area contributed by atoms with Crippen molar-refractivity contribution in [3.63, 3.8) is 0 Å². The van der Waals surface area contributed by atoms with E-state index < -0.39 is 0 Å². The highest BCUT2D eigenvalue weighted by atomic mass is 35.5. The number of benzene rings is 2. The molecule has 0 radical (unpaired) electrons. The van der Waals surface area contributed by atoms with Crippen molar-refractivity contribution in [2.75, 3.05) is 5.32 Å². The van der Waals surface area contributed by atoms with Gasteiger partial charge < -0.3 is 5.32 Å². The number of hydrogen-bond donors (Lipinski definition) is 2. The number of carbonyl (C=O) groups excluding carboxylic acids is 2. The first-order valence-electron chi connectivity index (χ1n) is 7.48. The molecule has 2 aromatic rings. The summed E-state index contributed by atoms with van der Waals surface area (Å²) in [7, 11) is 0. The summed E-state index contributed by atoms with van der Waals surface area (Å²) in [5.74, 6) is -0.602. The van der Waals surface area contributed by atoms with Gasteiger partial charge in [-0.05, 0) is 30.2 Å². The molecule has 0 saturated heterocycles. The molecule has 0 saturated carbocycles. The van der Waals surface area contributed by atoms with Crippen LogP contribution >= 0.6 is 11.6 Å². The topological polar surface area (TPSA) is 70.6 Å². The molecule has 0 fully saturated rings. The summed E-state index contributed by atoms with van der Waals surface area (Å²) in [4.78, 5) is 23.5. The summed E-state index contributed by atoms with van der Waals surface area (Å²) >= 11 is 5.96. The third-order valence-corrected chi connectivity index (χ3v) is 3.64. The minimum absolute atomic E-state index is 0.0431. The van der Waals surface area contributed by atoms with E-state index >= 15 is 0 Å². The number of carbonyl (C=O) groups is 2. The summed E-state index contributed by atoms with van der Waals surface area (Å²) < 4.78 is 0. The number of hydrogen-bond acceptors (Lipinski definition) is 3. The van der Waals surface area contributed by atoms with E-state index in [1.807, 2.05) is 31.2 Å². The van der Waals surface area contributed by atoms with Crippen molar-refractivity contribution in [2.24, 2.45) is 5.10 Å². The van der Waals surface area contributed by atoms with Crippen molar-refractivity contribution in [1.82, 2.24) is 5.43 Å². The van der Waals surface area contributed by atoms with E-state index in [0.717, 1.165) is 11.1 Å². The second kappa shape index (κ2) is 8.84. The minimum Gasteiger partial charge on any atom is -0.325 e. The van der Waals surface area contributed by atoms with Gasteiger partial charge in [-0.25, -0.2) is 5.43 Å². The van der Waals surface area contributed by atoms with E-state index in [-0.39, 0.29) is 24.7 Å². The maximum absolute atomic E-state index is 11.8. The van der Waals surface area contributed by atoms with Gasteiger partial charge in [0.25, 0.3) is 0 Å². The molecule has 0 aromatic heterocycles. The number of para-hydroxylation sites is 1. The third kappa shape index (κ3) is 5.52. The second-order valence-electron chi connectivity index (χ2n) is 5.18. The SMILES string of the molecule is Cc1ccccc1C=NNC(=O)CCC(=O)Nc1ccccc1Cl. The monoisotopic (exact) mass is 343 g/mol.